The number of rotatable bonds is 5. The van der Waals surface area contributed by atoms with Crippen molar-refractivity contribution in [2.24, 2.45) is 0 Å². The van der Waals surface area contributed by atoms with Crippen molar-refractivity contribution in [2.75, 3.05) is 39.6 Å². The van der Waals surface area contributed by atoms with E-state index in [1.807, 2.05) is 32.1 Å². The Labute approximate surface area is 271 Å². The second-order valence-corrected chi connectivity index (χ2v) is 9.02. The van der Waals surface area contributed by atoms with Crippen LogP contribution in [0.1, 0.15) is 53.9 Å². The summed E-state index contributed by atoms with van der Waals surface area (Å²) in [7, 11) is 0. The Kier molecular flexibility index (Phi) is 30.7. The van der Waals surface area contributed by atoms with Gasteiger partial charge >= 0.3 is 29.0 Å². The van der Waals surface area contributed by atoms with Gasteiger partial charge in [-0.25, -0.2) is 4.79 Å². The monoisotopic (exact) mass is 658 g/mol. The molecule has 0 radical (unpaired) electrons. The third kappa shape index (κ3) is 23.6. The third-order valence-electron chi connectivity index (χ3n) is 4.76. The molecular weight excluding hydrogens is 616 g/mol. The summed E-state index contributed by atoms with van der Waals surface area (Å²) in [5, 5.41) is 9.02. The Morgan fingerprint density at radius 3 is 1.75 bits per heavy atom. The Bertz CT molecular complexity index is 810. The number of hydrogen-bond donors (Lipinski definition) is 1. The first-order valence-electron chi connectivity index (χ1n) is 12.3. The number of aliphatic hydroxyl groups is 1. The van der Waals surface area contributed by atoms with E-state index in [4.69, 9.17) is 37.1 Å². The predicted molar refractivity (Wildman–Crippen MR) is 156 cm³/mol. The minimum Gasteiger partial charge on any atom is -1.00 e. The third-order valence-corrected chi connectivity index (χ3v) is 5.09. The Morgan fingerprint density at radius 1 is 0.975 bits per heavy atom. The molecule has 0 spiro atoms. The first-order chi connectivity index (χ1) is 17.8. The molecular formula is C29H44BrClMgO8. The summed E-state index contributed by atoms with van der Waals surface area (Å²) in [4.78, 5) is 31.3. The first kappa shape index (κ1) is 45.9. The molecule has 2 unspecified atom stereocenters. The molecule has 3 rings (SSSR count). The van der Waals surface area contributed by atoms with Crippen LogP contribution in [0.4, 0.5) is 0 Å². The van der Waals surface area contributed by atoms with Gasteiger partial charge in [0.1, 0.15) is 12.2 Å². The van der Waals surface area contributed by atoms with Gasteiger partial charge in [-0.05, 0) is 45.4 Å². The fourth-order valence-electron chi connectivity index (χ4n) is 2.84. The fraction of sp³-hybridized carbons (Fsp3) is 0.552. The van der Waals surface area contributed by atoms with Crippen LogP contribution in [0, 0.1) is 6.58 Å². The van der Waals surface area contributed by atoms with Crippen molar-refractivity contribution >= 4 is 51.6 Å². The smallest absolute Gasteiger partial charge is 1.00 e. The maximum atomic E-state index is 11.4. The van der Waals surface area contributed by atoms with Gasteiger partial charge in [0, 0.05) is 37.0 Å². The van der Waals surface area contributed by atoms with E-state index in [9.17, 15) is 19.5 Å². The number of ketones is 1. The van der Waals surface area contributed by atoms with E-state index in [-0.39, 0.29) is 51.8 Å². The van der Waals surface area contributed by atoms with Crippen LogP contribution in [0.2, 0.25) is 0 Å². The summed E-state index contributed by atoms with van der Waals surface area (Å²) in [6, 6.07) is 0. The van der Waals surface area contributed by atoms with Gasteiger partial charge in [-0.15, -0.1) is 0 Å². The molecule has 11 heteroatoms. The average molecular weight is 660 g/mol. The maximum absolute atomic E-state index is 11.4. The van der Waals surface area contributed by atoms with Crippen LogP contribution in [0.25, 0.3) is 0 Å². The summed E-state index contributed by atoms with van der Waals surface area (Å²) < 4.78 is 20.3. The van der Waals surface area contributed by atoms with Gasteiger partial charge in [0.15, 0.2) is 11.4 Å². The Hall–Kier alpha value is -1.11. The number of hydrogen-bond acceptors (Lipinski definition) is 8. The van der Waals surface area contributed by atoms with E-state index in [2.05, 4.69) is 13.2 Å². The van der Waals surface area contributed by atoms with Gasteiger partial charge < -0.3 is 47.6 Å². The summed E-state index contributed by atoms with van der Waals surface area (Å²) in [5.74, 6) is -0.122. The summed E-state index contributed by atoms with van der Waals surface area (Å²) in [6.07, 6.45) is 11.0. The molecule has 0 amide bonds. The van der Waals surface area contributed by atoms with E-state index in [1.165, 1.54) is 6.08 Å². The molecule has 40 heavy (non-hydrogen) atoms. The Balaban J connectivity index is -0.000000217. The molecule has 224 valence electrons. The number of carbonyl (C=O) groups is 3. The molecule has 0 aliphatic carbocycles. The topological polar surface area (TPSA) is 108 Å². The van der Waals surface area contributed by atoms with Crippen molar-refractivity contribution in [1.29, 1.82) is 0 Å². The first-order valence-corrected chi connectivity index (χ1v) is 12.7. The van der Waals surface area contributed by atoms with Crippen molar-refractivity contribution < 1.29 is 55.4 Å². The number of Topliss-reactive ketones (excluding diaryl/α,β-unsaturated/α-hetero) is 1. The average Bonchev–Trinajstić information content (AvgIpc) is 3.60. The van der Waals surface area contributed by atoms with E-state index < -0.39 is 16.4 Å². The minimum atomic E-state index is -0.658. The summed E-state index contributed by atoms with van der Waals surface area (Å²) in [5.41, 5.74) is -0.419. The van der Waals surface area contributed by atoms with Gasteiger partial charge in [-0.1, -0.05) is 38.3 Å². The van der Waals surface area contributed by atoms with Crippen LogP contribution < -0.4 is 17.0 Å². The number of esters is 1. The molecule has 3 fully saturated rings. The second kappa shape index (κ2) is 26.8. The summed E-state index contributed by atoms with van der Waals surface area (Å²) in [6.45, 7) is 23.5. The molecule has 0 aromatic rings. The molecule has 8 nitrogen and oxygen atoms in total. The van der Waals surface area contributed by atoms with Crippen LogP contribution in [0.5, 0.6) is 0 Å². The van der Waals surface area contributed by atoms with E-state index in [0.717, 1.165) is 12.8 Å². The van der Waals surface area contributed by atoms with Crippen LogP contribution in [0.3, 0.4) is 0 Å². The largest absolute Gasteiger partial charge is 2.00 e. The summed E-state index contributed by atoms with van der Waals surface area (Å²) >= 11 is 4.87. The number of halogens is 2. The van der Waals surface area contributed by atoms with Gasteiger partial charge in [0.25, 0.3) is 0 Å². The SMILES string of the molecule is C/C=C/C1(O)CCOC1.C=C(C)C(=O)Cl.C=C(C)C(=O)OC1(/C=C/C)CCOC1.O=C1CCOC1.[Br-].[CH-]=CC.[Mg+2]. The molecule has 0 aromatic carbocycles. The van der Waals surface area contributed by atoms with Crippen molar-refractivity contribution in [3.8, 4) is 0 Å². The van der Waals surface area contributed by atoms with Crippen LogP contribution in [0.15, 0.2) is 54.7 Å². The molecule has 3 heterocycles. The number of allylic oxidation sites excluding steroid dienone is 4. The predicted octanol–water partition coefficient (Wildman–Crippen LogP) is 1.48. The molecule has 3 aliphatic heterocycles. The zero-order chi connectivity index (χ0) is 29.6. The minimum absolute atomic E-state index is 0. The molecule has 0 saturated carbocycles. The van der Waals surface area contributed by atoms with Crippen molar-refractivity contribution in [3.63, 3.8) is 0 Å². The van der Waals surface area contributed by atoms with Gasteiger partial charge in [-0.3, -0.25) is 15.7 Å². The van der Waals surface area contributed by atoms with Crippen molar-refractivity contribution in [3.05, 3.63) is 61.3 Å². The zero-order valence-electron chi connectivity index (χ0n) is 24.5. The van der Waals surface area contributed by atoms with Gasteiger partial charge in [0.05, 0.1) is 26.4 Å². The van der Waals surface area contributed by atoms with E-state index in [1.54, 1.807) is 26.8 Å². The van der Waals surface area contributed by atoms with Crippen LogP contribution in [-0.4, -0.2) is 96.0 Å². The quantitative estimate of drug-likeness (QED) is 0.118. The van der Waals surface area contributed by atoms with E-state index >= 15 is 0 Å². The molecule has 0 aromatic heterocycles. The normalized spacial score (nSPS) is 22.3. The van der Waals surface area contributed by atoms with Crippen LogP contribution in [-0.2, 0) is 33.3 Å². The second-order valence-electron chi connectivity index (χ2n) is 8.67. The molecule has 1 N–H and O–H groups in total. The molecule has 0 bridgehead atoms. The molecule has 3 saturated heterocycles. The number of ether oxygens (including phenoxy) is 4. The van der Waals surface area contributed by atoms with Gasteiger partial charge in [-0.2, -0.15) is 0 Å². The Morgan fingerprint density at radius 2 is 1.48 bits per heavy atom. The van der Waals surface area contributed by atoms with E-state index in [0.29, 0.717) is 57.2 Å². The van der Waals surface area contributed by atoms with Crippen molar-refractivity contribution in [2.45, 2.75) is 65.1 Å². The van der Waals surface area contributed by atoms with Crippen LogP contribution >= 0.6 is 11.6 Å². The maximum Gasteiger partial charge on any atom is 2.00 e. The molecule has 3 aliphatic rings. The zero-order valence-corrected chi connectivity index (χ0v) is 28.3. The standard InChI is InChI=1S/C11H16O3.C7H12O2.C4H5ClO.C4H6O2.C3H5.BrH.Mg/c1-4-5-11(6-7-13-8-11)14-10(12)9(2)3;1-2-3-7(8)4-5-9-6-7;1-3(2)4(5)6;5-4-1-2-6-3-4;1-3-2;;/h4-5H,2,6-8H2,1,3H3;2-3,8H,4-6H2,1H3;1H2,2H3;1-3H2;1,3H,2H3;1H;/q;;;;-1;;+2/p-1/b5-4+;3-2+;;;;;. The van der Waals surface area contributed by atoms with Gasteiger partial charge in [0.2, 0.25) is 5.24 Å². The fourth-order valence-corrected chi connectivity index (χ4v) is 2.84. The van der Waals surface area contributed by atoms with Crippen molar-refractivity contribution in [1.82, 2.24) is 0 Å². The molecule has 2 atom stereocenters. The number of carbonyl (C=O) groups excluding carboxylic acids is 3.